The van der Waals surface area contributed by atoms with E-state index in [2.05, 4.69) is 10.5 Å². The van der Waals surface area contributed by atoms with Crippen molar-refractivity contribution < 1.29 is 9.18 Å². The molecule has 0 heterocycles. The van der Waals surface area contributed by atoms with E-state index in [0.717, 1.165) is 0 Å². The third kappa shape index (κ3) is 4.21. The molecule has 1 amide bonds. The summed E-state index contributed by atoms with van der Waals surface area (Å²) in [6.07, 6.45) is 1.71. The molecule has 86 valence electrons. The van der Waals surface area contributed by atoms with E-state index in [1.54, 1.807) is 18.2 Å². The van der Waals surface area contributed by atoms with Crippen molar-refractivity contribution in [2.75, 3.05) is 0 Å². The van der Waals surface area contributed by atoms with Gasteiger partial charge in [-0.3, -0.25) is 4.79 Å². The highest BCUT2D eigenvalue weighted by Gasteiger charge is 2.02. The summed E-state index contributed by atoms with van der Waals surface area (Å²) in [4.78, 5) is 11.2. The highest BCUT2D eigenvalue weighted by Crippen LogP contribution is 2.02. The van der Waals surface area contributed by atoms with Crippen LogP contribution in [0.2, 0.25) is 0 Å². The summed E-state index contributed by atoms with van der Waals surface area (Å²) in [5, 5.41) is 3.69. The first-order valence-corrected chi connectivity index (χ1v) is 5.16. The van der Waals surface area contributed by atoms with Gasteiger partial charge in [-0.05, 0) is 12.0 Å². The minimum atomic E-state index is -0.357. The maximum absolute atomic E-state index is 13.1. The van der Waals surface area contributed by atoms with Gasteiger partial charge in [-0.25, -0.2) is 9.82 Å². The van der Waals surface area contributed by atoms with Crippen molar-refractivity contribution in [1.29, 1.82) is 0 Å². The summed E-state index contributed by atoms with van der Waals surface area (Å²) in [5.41, 5.74) is 2.71. The number of halogens is 1. The maximum Gasteiger partial charge on any atom is 0.240 e. The zero-order valence-electron chi connectivity index (χ0n) is 9.40. The lowest BCUT2D eigenvalue weighted by Gasteiger charge is -2.02. The van der Waals surface area contributed by atoms with Gasteiger partial charge in [-0.15, -0.1) is 0 Å². The fraction of sp³-hybridized carbons (Fsp3) is 0.333. The number of nitrogens with zero attached hydrogens (tertiary/aromatic N) is 1. The highest BCUT2D eigenvalue weighted by molar-refractivity contribution is 5.82. The summed E-state index contributed by atoms with van der Waals surface area (Å²) >= 11 is 0. The largest absolute Gasteiger partial charge is 0.273 e. The maximum atomic E-state index is 13.1. The summed E-state index contributed by atoms with van der Waals surface area (Å²) in [5.74, 6) is -0.240. The molecule has 0 aromatic heterocycles. The van der Waals surface area contributed by atoms with E-state index >= 15 is 0 Å². The fourth-order valence-corrected chi connectivity index (χ4v) is 1.17. The first-order chi connectivity index (χ1) is 7.59. The Morgan fingerprint density at radius 1 is 1.50 bits per heavy atom. The van der Waals surface area contributed by atoms with E-state index in [1.165, 1.54) is 12.3 Å². The second-order valence-electron chi connectivity index (χ2n) is 3.91. The van der Waals surface area contributed by atoms with E-state index in [-0.39, 0.29) is 17.6 Å². The van der Waals surface area contributed by atoms with Crippen LogP contribution >= 0.6 is 0 Å². The van der Waals surface area contributed by atoms with E-state index in [0.29, 0.717) is 12.0 Å². The fourth-order valence-electron chi connectivity index (χ4n) is 1.17. The number of hydrogen-bond donors (Lipinski definition) is 1. The van der Waals surface area contributed by atoms with Gasteiger partial charge >= 0.3 is 0 Å². The quantitative estimate of drug-likeness (QED) is 0.616. The van der Waals surface area contributed by atoms with Gasteiger partial charge in [0.1, 0.15) is 5.82 Å². The minimum absolute atomic E-state index is 0.164. The van der Waals surface area contributed by atoms with Crippen LogP contribution in [0.4, 0.5) is 4.39 Å². The SMILES string of the molecule is CC(C)CC(=O)NN=Cc1ccccc1F. The lowest BCUT2D eigenvalue weighted by molar-refractivity contribution is -0.121. The van der Waals surface area contributed by atoms with Crippen LogP contribution in [0.3, 0.4) is 0 Å². The minimum Gasteiger partial charge on any atom is -0.273 e. The van der Waals surface area contributed by atoms with Crippen LogP contribution in [-0.4, -0.2) is 12.1 Å². The molecular formula is C12H15FN2O. The van der Waals surface area contributed by atoms with Crippen molar-refractivity contribution in [2.24, 2.45) is 11.0 Å². The Balaban J connectivity index is 2.49. The van der Waals surface area contributed by atoms with E-state index < -0.39 is 0 Å². The number of hydrazone groups is 1. The molecule has 0 aliphatic heterocycles. The second kappa shape index (κ2) is 6.00. The number of carbonyl (C=O) groups is 1. The van der Waals surface area contributed by atoms with Gasteiger partial charge < -0.3 is 0 Å². The lowest BCUT2D eigenvalue weighted by atomic mass is 10.1. The normalized spacial score (nSPS) is 11.0. The van der Waals surface area contributed by atoms with Crippen molar-refractivity contribution in [3.05, 3.63) is 35.6 Å². The molecule has 0 spiro atoms. The molecule has 1 aromatic rings. The first kappa shape index (κ1) is 12.4. The predicted molar refractivity (Wildman–Crippen MR) is 61.6 cm³/mol. The van der Waals surface area contributed by atoms with Gasteiger partial charge in [-0.2, -0.15) is 5.10 Å². The Morgan fingerprint density at radius 2 is 2.19 bits per heavy atom. The van der Waals surface area contributed by atoms with E-state index in [1.807, 2.05) is 13.8 Å². The van der Waals surface area contributed by atoms with Gasteiger partial charge in [0, 0.05) is 12.0 Å². The lowest BCUT2D eigenvalue weighted by Crippen LogP contribution is -2.19. The number of nitrogens with one attached hydrogen (secondary N) is 1. The molecule has 0 fully saturated rings. The van der Waals surface area contributed by atoms with Gasteiger partial charge in [0.25, 0.3) is 0 Å². The van der Waals surface area contributed by atoms with Crippen molar-refractivity contribution in [1.82, 2.24) is 5.43 Å². The predicted octanol–water partition coefficient (Wildman–Crippen LogP) is 2.32. The Bertz CT molecular complexity index is 388. The van der Waals surface area contributed by atoms with Crippen molar-refractivity contribution in [2.45, 2.75) is 20.3 Å². The molecule has 1 rings (SSSR count). The smallest absolute Gasteiger partial charge is 0.240 e. The number of amides is 1. The summed E-state index contributed by atoms with van der Waals surface area (Å²) in [6.45, 7) is 3.89. The van der Waals surface area contributed by atoms with E-state index in [9.17, 15) is 9.18 Å². The molecule has 0 atom stereocenters. The summed E-state index contributed by atoms with van der Waals surface area (Å²) < 4.78 is 13.1. The Labute approximate surface area is 94.4 Å². The molecule has 0 saturated carbocycles. The van der Waals surface area contributed by atoms with Crippen molar-refractivity contribution in [3.63, 3.8) is 0 Å². The van der Waals surface area contributed by atoms with Crippen LogP contribution in [0.25, 0.3) is 0 Å². The molecule has 1 aromatic carbocycles. The van der Waals surface area contributed by atoms with Crippen molar-refractivity contribution in [3.8, 4) is 0 Å². The number of benzene rings is 1. The van der Waals surface area contributed by atoms with Gasteiger partial charge in [0.2, 0.25) is 5.91 Å². The standard InChI is InChI=1S/C12H15FN2O/c1-9(2)7-12(16)15-14-8-10-5-3-4-6-11(10)13/h3-6,8-9H,7H2,1-2H3,(H,15,16). The Kier molecular flexibility index (Phi) is 4.64. The molecule has 16 heavy (non-hydrogen) atoms. The van der Waals surface area contributed by atoms with Gasteiger partial charge in [0.05, 0.1) is 6.21 Å². The molecule has 4 heteroatoms. The van der Waals surface area contributed by atoms with Crippen LogP contribution in [0.5, 0.6) is 0 Å². The Morgan fingerprint density at radius 3 is 2.81 bits per heavy atom. The Hall–Kier alpha value is -1.71. The van der Waals surface area contributed by atoms with Crippen molar-refractivity contribution >= 4 is 12.1 Å². The average molecular weight is 222 g/mol. The molecular weight excluding hydrogens is 207 g/mol. The van der Waals surface area contributed by atoms with Crippen LogP contribution in [0.15, 0.2) is 29.4 Å². The highest BCUT2D eigenvalue weighted by atomic mass is 19.1. The molecule has 3 nitrogen and oxygen atoms in total. The zero-order chi connectivity index (χ0) is 12.0. The van der Waals surface area contributed by atoms with Crippen LogP contribution < -0.4 is 5.43 Å². The first-order valence-electron chi connectivity index (χ1n) is 5.16. The topological polar surface area (TPSA) is 41.5 Å². The number of carbonyl (C=O) groups excluding carboxylic acids is 1. The summed E-state index contributed by atoms with van der Waals surface area (Å²) in [7, 11) is 0. The summed E-state index contributed by atoms with van der Waals surface area (Å²) in [6, 6.07) is 6.25. The monoisotopic (exact) mass is 222 g/mol. The molecule has 0 aliphatic rings. The molecule has 0 saturated heterocycles. The average Bonchev–Trinajstić information content (AvgIpc) is 2.19. The van der Waals surface area contributed by atoms with Crippen LogP contribution in [0.1, 0.15) is 25.8 Å². The third-order valence-corrected chi connectivity index (χ3v) is 1.89. The molecule has 1 N–H and O–H groups in total. The molecule has 0 bridgehead atoms. The molecule has 0 aliphatic carbocycles. The molecule has 0 unspecified atom stereocenters. The van der Waals surface area contributed by atoms with Gasteiger partial charge in [0.15, 0.2) is 0 Å². The third-order valence-electron chi connectivity index (χ3n) is 1.89. The second-order valence-corrected chi connectivity index (χ2v) is 3.91. The molecule has 0 radical (unpaired) electrons. The zero-order valence-corrected chi connectivity index (χ0v) is 9.40. The van der Waals surface area contributed by atoms with Crippen LogP contribution in [-0.2, 0) is 4.79 Å². The number of hydrogen-bond acceptors (Lipinski definition) is 2. The van der Waals surface area contributed by atoms with Crippen LogP contribution in [0, 0.1) is 11.7 Å². The van der Waals surface area contributed by atoms with E-state index in [4.69, 9.17) is 0 Å². The van der Waals surface area contributed by atoms with Gasteiger partial charge in [-0.1, -0.05) is 32.0 Å². The number of rotatable bonds is 4.